The van der Waals surface area contributed by atoms with Crippen molar-refractivity contribution in [1.82, 2.24) is 15.0 Å². The van der Waals surface area contributed by atoms with Crippen molar-refractivity contribution in [2.24, 2.45) is 0 Å². The number of nitrogens with two attached hydrogens (primary N) is 1. The molecule has 0 atom stereocenters. The number of amides is 1. The van der Waals surface area contributed by atoms with E-state index in [0.717, 1.165) is 12.1 Å². The maximum atomic E-state index is 12.6. The van der Waals surface area contributed by atoms with Crippen molar-refractivity contribution in [2.75, 3.05) is 17.7 Å². The number of rotatable bonds is 4. The minimum atomic E-state index is -4.50. The van der Waals surface area contributed by atoms with Gasteiger partial charge in [-0.25, -0.2) is 0 Å². The van der Waals surface area contributed by atoms with Gasteiger partial charge in [-0.15, -0.1) is 0 Å². The van der Waals surface area contributed by atoms with Gasteiger partial charge in [-0.05, 0) is 29.8 Å². The summed E-state index contributed by atoms with van der Waals surface area (Å²) in [6.07, 6.45) is -4.50. The molecule has 11 heteroatoms. The van der Waals surface area contributed by atoms with Gasteiger partial charge in [0.1, 0.15) is 0 Å². The van der Waals surface area contributed by atoms with E-state index >= 15 is 0 Å². The normalized spacial score (nSPS) is 11.1. The van der Waals surface area contributed by atoms with E-state index < -0.39 is 24.3 Å². The van der Waals surface area contributed by atoms with E-state index in [1.807, 2.05) is 0 Å². The fraction of sp³-hybridized carbons (Fsp3) is 0.167. The standard InChI is InChI=1S/C12H9ClF3N5O2/c13-9-19-10(17)21-11(20-9)23-5-8(22)18-7-3-1-2-6(4-7)12(14,15)16/h1-4H,5H2,(H,18,22)(H2,17,19,20,21). The fourth-order valence-corrected chi connectivity index (χ4v) is 1.67. The van der Waals surface area contributed by atoms with Gasteiger partial charge in [-0.1, -0.05) is 6.07 Å². The number of nitrogen functional groups attached to an aromatic ring is 1. The van der Waals surface area contributed by atoms with Gasteiger partial charge in [0, 0.05) is 5.69 Å². The molecule has 0 aliphatic rings. The molecule has 2 rings (SSSR count). The third-order valence-electron chi connectivity index (χ3n) is 2.41. The lowest BCUT2D eigenvalue weighted by Crippen LogP contribution is -2.21. The molecule has 2 aromatic rings. The number of carbonyl (C=O) groups excluding carboxylic acids is 1. The summed E-state index contributed by atoms with van der Waals surface area (Å²) >= 11 is 5.53. The fourth-order valence-electron chi connectivity index (χ4n) is 1.51. The van der Waals surface area contributed by atoms with Crippen molar-refractivity contribution in [3.8, 4) is 6.01 Å². The summed E-state index contributed by atoms with van der Waals surface area (Å²) in [7, 11) is 0. The van der Waals surface area contributed by atoms with Crippen LogP contribution in [0.4, 0.5) is 24.8 Å². The van der Waals surface area contributed by atoms with Gasteiger partial charge in [0.05, 0.1) is 5.56 Å². The molecule has 1 heterocycles. The topological polar surface area (TPSA) is 103 Å². The SMILES string of the molecule is Nc1nc(Cl)nc(OCC(=O)Nc2cccc(C(F)(F)F)c2)n1. The van der Waals surface area contributed by atoms with Crippen LogP contribution >= 0.6 is 11.6 Å². The zero-order valence-electron chi connectivity index (χ0n) is 11.3. The Labute approximate surface area is 132 Å². The molecule has 0 aliphatic heterocycles. The molecule has 1 aromatic carbocycles. The summed E-state index contributed by atoms with van der Waals surface area (Å²) < 4.78 is 42.6. The van der Waals surface area contributed by atoms with Gasteiger partial charge >= 0.3 is 12.2 Å². The van der Waals surface area contributed by atoms with Crippen LogP contribution in [-0.2, 0) is 11.0 Å². The summed E-state index contributed by atoms with van der Waals surface area (Å²) in [5.74, 6) is -0.905. The highest BCUT2D eigenvalue weighted by Crippen LogP contribution is 2.30. The Kier molecular flexibility index (Phi) is 4.84. The molecular weight excluding hydrogens is 339 g/mol. The molecule has 0 spiro atoms. The Morgan fingerprint density at radius 1 is 1.30 bits per heavy atom. The molecule has 0 saturated carbocycles. The van der Waals surface area contributed by atoms with Gasteiger partial charge in [0.15, 0.2) is 6.61 Å². The first-order valence-corrected chi connectivity index (χ1v) is 6.39. The predicted molar refractivity (Wildman–Crippen MR) is 74.8 cm³/mol. The molecule has 0 aliphatic carbocycles. The number of hydrogen-bond donors (Lipinski definition) is 2. The molecule has 0 unspecified atom stereocenters. The molecule has 7 nitrogen and oxygen atoms in total. The smallest absolute Gasteiger partial charge is 0.416 e. The van der Waals surface area contributed by atoms with Gasteiger partial charge in [-0.2, -0.15) is 28.1 Å². The molecule has 0 fully saturated rings. The second-order valence-corrected chi connectivity index (χ2v) is 4.50. The van der Waals surface area contributed by atoms with Crippen LogP contribution in [0.3, 0.4) is 0 Å². The van der Waals surface area contributed by atoms with E-state index in [2.05, 4.69) is 20.3 Å². The minimum absolute atomic E-state index is 0.0263. The number of alkyl halides is 3. The quantitative estimate of drug-likeness (QED) is 0.878. The maximum Gasteiger partial charge on any atom is 0.416 e. The number of anilines is 2. The number of hydrogen-bond acceptors (Lipinski definition) is 6. The number of benzene rings is 1. The third-order valence-corrected chi connectivity index (χ3v) is 2.58. The summed E-state index contributed by atoms with van der Waals surface area (Å²) in [4.78, 5) is 22.3. The van der Waals surface area contributed by atoms with Crippen LogP contribution in [0.2, 0.25) is 5.28 Å². The summed E-state index contributed by atoms with van der Waals surface area (Å²) in [6, 6.07) is 3.90. The first kappa shape index (κ1) is 16.7. The lowest BCUT2D eigenvalue weighted by Gasteiger charge is -2.10. The molecule has 1 amide bonds. The van der Waals surface area contributed by atoms with Crippen molar-refractivity contribution in [3.05, 3.63) is 35.1 Å². The Hall–Kier alpha value is -2.62. The van der Waals surface area contributed by atoms with Crippen LogP contribution in [-0.4, -0.2) is 27.5 Å². The average Bonchev–Trinajstić information content (AvgIpc) is 2.43. The number of halogens is 4. The Morgan fingerprint density at radius 3 is 2.70 bits per heavy atom. The highest BCUT2D eigenvalue weighted by molar-refractivity contribution is 6.28. The summed E-state index contributed by atoms with van der Waals surface area (Å²) in [5, 5.41) is 2.04. The van der Waals surface area contributed by atoms with Gasteiger partial charge < -0.3 is 15.8 Å². The van der Waals surface area contributed by atoms with Crippen molar-refractivity contribution >= 4 is 29.1 Å². The van der Waals surface area contributed by atoms with Crippen LogP contribution in [0, 0.1) is 0 Å². The van der Waals surface area contributed by atoms with Gasteiger partial charge in [0.2, 0.25) is 11.2 Å². The minimum Gasteiger partial charge on any atom is -0.453 e. The van der Waals surface area contributed by atoms with Crippen LogP contribution in [0.1, 0.15) is 5.56 Å². The van der Waals surface area contributed by atoms with Crippen LogP contribution in [0.15, 0.2) is 24.3 Å². The largest absolute Gasteiger partial charge is 0.453 e. The number of carbonyl (C=O) groups is 1. The Morgan fingerprint density at radius 2 is 2.04 bits per heavy atom. The number of nitrogens with zero attached hydrogens (tertiary/aromatic N) is 3. The van der Waals surface area contributed by atoms with Crippen molar-refractivity contribution in [2.45, 2.75) is 6.18 Å². The average molecular weight is 348 g/mol. The van der Waals surface area contributed by atoms with E-state index in [-0.39, 0.29) is 22.9 Å². The second kappa shape index (κ2) is 6.65. The number of ether oxygens (including phenoxy) is 1. The molecule has 0 radical (unpaired) electrons. The van der Waals surface area contributed by atoms with E-state index in [1.54, 1.807) is 0 Å². The molecule has 1 aromatic heterocycles. The number of aromatic nitrogens is 3. The molecular formula is C12H9ClF3N5O2. The van der Waals surface area contributed by atoms with E-state index in [0.29, 0.717) is 0 Å². The summed E-state index contributed by atoms with van der Waals surface area (Å²) in [5.41, 5.74) is 4.41. The van der Waals surface area contributed by atoms with E-state index in [4.69, 9.17) is 22.1 Å². The van der Waals surface area contributed by atoms with Crippen LogP contribution in [0.25, 0.3) is 0 Å². The molecule has 0 bridgehead atoms. The Bertz CT molecular complexity index is 706. The maximum absolute atomic E-state index is 12.6. The highest BCUT2D eigenvalue weighted by Gasteiger charge is 2.30. The van der Waals surface area contributed by atoms with Crippen LogP contribution in [0.5, 0.6) is 6.01 Å². The molecule has 0 saturated heterocycles. The van der Waals surface area contributed by atoms with Crippen LogP contribution < -0.4 is 15.8 Å². The van der Waals surface area contributed by atoms with Crippen molar-refractivity contribution in [3.63, 3.8) is 0 Å². The van der Waals surface area contributed by atoms with Crippen molar-refractivity contribution in [1.29, 1.82) is 0 Å². The predicted octanol–water partition coefficient (Wildman–Crippen LogP) is 2.14. The molecule has 23 heavy (non-hydrogen) atoms. The van der Waals surface area contributed by atoms with Crippen molar-refractivity contribution < 1.29 is 22.7 Å². The third kappa shape index (κ3) is 4.95. The van der Waals surface area contributed by atoms with Gasteiger partial charge in [0.25, 0.3) is 5.91 Å². The zero-order valence-corrected chi connectivity index (χ0v) is 12.0. The lowest BCUT2D eigenvalue weighted by molar-refractivity contribution is -0.137. The lowest BCUT2D eigenvalue weighted by atomic mass is 10.2. The molecule has 3 N–H and O–H groups in total. The monoisotopic (exact) mass is 347 g/mol. The second-order valence-electron chi connectivity index (χ2n) is 4.16. The van der Waals surface area contributed by atoms with Gasteiger partial charge in [-0.3, -0.25) is 4.79 Å². The first-order chi connectivity index (χ1) is 10.7. The van der Waals surface area contributed by atoms with E-state index in [1.165, 1.54) is 12.1 Å². The zero-order chi connectivity index (χ0) is 17.0. The highest BCUT2D eigenvalue weighted by atomic mass is 35.5. The Balaban J connectivity index is 1.97. The molecule has 122 valence electrons. The summed E-state index contributed by atoms with van der Waals surface area (Å²) in [6.45, 7) is -0.546. The van der Waals surface area contributed by atoms with E-state index in [9.17, 15) is 18.0 Å². The first-order valence-electron chi connectivity index (χ1n) is 6.01. The number of nitrogens with one attached hydrogen (secondary N) is 1.